The summed E-state index contributed by atoms with van der Waals surface area (Å²) in [6.45, 7) is 2.63. The number of allylic oxidation sites excluding steroid dienone is 5. The first-order valence-electron chi connectivity index (χ1n) is 8.39. The number of benzene rings is 1. The van der Waals surface area contributed by atoms with E-state index in [0.717, 1.165) is 4.47 Å². The van der Waals surface area contributed by atoms with Crippen molar-refractivity contribution in [2.24, 2.45) is 0 Å². The number of carbonyl (C=O) groups is 3. The average molecular weight is 431 g/mol. The van der Waals surface area contributed by atoms with Crippen LogP contribution in [0.2, 0.25) is 0 Å². The van der Waals surface area contributed by atoms with E-state index < -0.39 is 0 Å². The van der Waals surface area contributed by atoms with E-state index in [4.69, 9.17) is 0 Å². The Bertz CT molecular complexity index is 858. The number of hydrogen-bond donors (Lipinski definition) is 3. The highest BCUT2D eigenvalue weighted by Gasteiger charge is 2.22. The Balaban J connectivity index is 1.49. The van der Waals surface area contributed by atoms with Crippen molar-refractivity contribution in [1.29, 1.82) is 0 Å². The number of ketones is 2. The molecule has 1 aromatic carbocycles. The third-order valence-electron chi connectivity index (χ3n) is 4.14. The number of carbonyl (C=O) groups excluding carboxylic acids is 3. The van der Waals surface area contributed by atoms with Crippen molar-refractivity contribution in [2.75, 3.05) is 18.5 Å². The number of nitrogens with zero attached hydrogens (tertiary/aromatic N) is 1. The van der Waals surface area contributed by atoms with Crippen LogP contribution in [0.15, 0.2) is 64.2 Å². The summed E-state index contributed by atoms with van der Waals surface area (Å²) in [5.41, 5.74) is 4.27. The molecule has 27 heavy (non-hydrogen) atoms. The number of nitrogens with one attached hydrogen (secondary N) is 3. The Hall–Kier alpha value is -2.55. The predicted octanol–water partition coefficient (Wildman–Crippen LogP) is 2.30. The normalized spacial score (nSPS) is 20.6. The summed E-state index contributed by atoms with van der Waals surface area (Å²) in [6.07, 6.45) is 6.17. The quantitative estimate of drug-likeness (QED) is 0.637. The molecule has 0 aromatic heterocycles. The molecule has 0 radical (unpaired) electrons. The molecule has 0 spiro atoms. The summed E-state index contributed by atoms with van der Waals surface area (Å²) in [5.74, 6) is -0.327. The molecule has 0 saturated carbocycles. The summed E-state index contributed by atoms with van der Waals surface area (Å²) in [4.78, 5) is 35.6. The highest BCUT2D eigenvalue weighted by Crippen LogP contribution is 2.15. The van der Waals surface area contributed by atoms with Crippen LogP contribution in [0.1, 0.15) is 6.92 Å². The maximum Gasteiger partial charge on any atom is 0.333 e. The predicted molar refractivity (Wildman–Crippen MR) is 106 cm³/mol. The van der Waals surface area contributed by atoms with Gasteiger partial charge in [-0.1, -0.05) is 28.1 Å². The summed E-state index contributed by atoms with van der Waals surface area (Å²) < 4.78 is 0.936. The fraction of sp³-hybridized carbons (Fsp3) is 0.211. The van der Waals surface area contributed by atoms with Gasteiger partial charge in [0.05, 0.1) is 6.67 Å². The largest absolute Gasteiger partial charge is 0.333 e. The number of hydrazine groups is 1. The summed E-state index contributed by atoms with van der Waals surface area (Å²) in [7, 11) is 0. The van der Waals surface area contributed by atoms with Gasteiger partial charge >= 0.3 is 6.03 Å². The highest BCUT2D eigenvalue weighted by molar-refractivity contribution is 9.10. The lowest BCUT2D eigenvalue weighted by Crippen LogP contribution is -2.43. The molecule has 7 nitrogen and oxygen atoms in total. The van der Waals surface area contributed by atoms with E-state index in [1.165, 1.54) is 12.2 Å². The van der Waals surface area contributed by atoms with Crippen molar-refractivity contribution in [3.8, 4) is 0 Å². The van der Waals surface area contributed by atoms with E-state index in [0.29, 0.717) is 30.0 Å². The molecule has 1 aromatic rings. The molecule has 1 aliphatic carbocycles. The first-order chi connectivity index (χ1) is 12.9. The first-order valence-corrected chi connectivity index (χ1v) is 9.18. The first kappa shape index (κ1) is 19.2. The van der Waals surface area contributed by atoms with Gasteiger partial charge in [-0.05, 0) is 43.3 Å². The van der Waals surface area contributed by atoms with Crippen LogP contribution in [0.5, 0.6) is 0 Å². The lowest BCUT2D eigenvalue weighted by molar-refractivity contribution is -0.114. The van der Waals surface area contributed by atoms with Crippen LogP contribution in [0.4, 0.5) is 10.5 Å². The van der Waals surface area contributed by atoms with E-state index in [-0.39, 0.29) is 23.6 Å². The van der Waals surface area contributed by atoms with Crippen molar-refractivity contribution >= 4 is 39.2 Å². The molecule has 0 bridgehead atoms. The minimum atomic E-state index is -0.333. The molecule has 1 unspecified atom stereocenters. The lowest BCUT2D eigenvalue weighted by Gasteiger charge is -2.16. The molecule has 3 rings (SSSR count). The Kier molecular flexibility index (Phi) is 6.00. The molecule has 8 heteroatoms. The van der Waals surface area contributed by atoms with Crippen LogP contribution in [-0.2, 0) is 9.59 Å². The Morgan fingerprint density at radius 2 is 1.96 bits per heavy atom. The molecule has 3 N–H and O–H groups in total. The highest BCUT2D eigenvalue weighted by atomic mass is 79.9. The monoisotopic (exact) mass is 430 g/mol. The van der Waals surface area contributed by atoms with Crippen LogP contribution in [0.3, 0.4) is 0 Å². The molecule has 1 saturated heterocycles. The summed E-state index contributed by atoms with van der Waals surface area (Å²) in [5, 5.41) is 7.69. The van der Waals surface area contributed by atoms with Crippen LogP contribution in [0, 0.1) is 0 Å². The zero-order chi connectivity index (χ0) is 19.4. The topological polar surface area (TPSA) is 90.5 Å². The minimum absolute atomic E-state index is 0.0474. The van der Waals surface area contributed by atoms with Crippen LogP contribution < -0.4 is 16.1 Å². The molecule has 1 aliphatic heterocycles. The van der Waals surface area contributed by atoms with Gasteiger partial charge in [0.25, 0.3) is 0 Å². The molecule has 1 heterocycles. The van der Waals surface area contributed by atoms with Gasteiger partial charge in [0.15, 0.2) is 11.6 Å². The Morgan fingerprint density at radius 3 is 2.70 bits per heavy atom. The molecule has 2 amide bonds. The minimum Gasteiger partial charge on any atom is -0.307 e. The smallest absolute Gasteiger partial charge is 0.307 e. The fourth-order valence-corrected chi connectivity index (χ4v) is 2.94. The van der Waals surface area contributed by atoms with Gasteiger partial charge in [-0.25, -0.2) is 9.80 Å². The SMILES string of the molecule is CC1=CC(=O)C(C=CC2CN(NC(=O)Nc3ccc(Br)cc3)CN2)=CC1=O. The van der Waals surface area contributed by atoms with Gasteiger partial charge in [0, 0.05) is 33.9 Å². The summed E-state index contributed by atoms with van der Waals surface area (Å²) >= 11 is 3.34. The molecular weight excluding hydrogens is 412 g/mol. The Morgan fingerprint density at radius 1 is 1.22 bits per heavy atom. The van der Waals surface area contributed by atoms with Gasteiger partial charge in [0.2, 0.25) is 0 Å². The van der Waals surface area contributed by atoms with Gasteiger partial charge in [-0.2, -0.15) is 0 Å². The second-order valence-corrected chi connectivity index (χ2v) is 7.19. The van der Waals surface area contributed by atoms with Crippen molar-refractivity contribution < 1.29 is 14.4 Å². The van der Waals surface area contributed by atoms with Crippen molar-refractivity contribution in [2.45, 2.75) is 13.0 Å². The molecule has 1 fully saturated rings. The van der Waals surface area contributed by atoms with Crippen molar-refractivity contribution in [1.82, 2.24) is 15.8 Å². The number of anilines is 1. The van der Waals surface area contributed by atoms with E-state index in [1.54, 1.807) is 30.1 Å². The number of urea groups is 1. The lowest BCUT2D eigenvalue weighted by atomic mass is 9.97. The number of hydrogen-bond acceptors (Lipinski definition) is 5. The third-order valence-corrected chi connectivity index (χ3v) is 4.67. The summed E-state index contributed by atoms with van der Waals surface area (Å²) in [6, 6.07) is 6.90. The van der Waals surface area contributed by atoms with Crippen LogP contribution in [0.25, 0.3) is 0 Å². The van der Waals surface area contributed by atoms with Crippen LogP contribution in [-0.4, -0.2) is 41.9 Å². The molecule has 140 valence electrons. The van der Waals surface area contributed by atoms with Crippen molar-refractivity contribution in [3.63, 3.8) is 0 Å². The van der Waals surface area contributed by atoms with E-state index in [2.05, 4.69) is 32.0 Å². The van der Waals surface area contributed by atoms with Crippen molar-refractivity contribution in [3.05, 3.63) is 64.2 Å². The number of amides is 2. The van der Waals surface area contributed by atoms with E-state index in [1.807, 2.05) is 18.2 Å². The maximum atomic E-state index is 12.1. The molecule has 2 aliphatic rings. The maximum absolute atomic E-state index is 12.1. The molecule has 1 atom stereocenters. The number of rotatable bonds is 4. The van der Waals surface area contributed by atoms with Crippen LogP contribution >= 0.6 is 15.9 Å². The molecular formula is C19H19BrN4O3. The van der Waals surface area contributed by atoms with Gasteiger partial charge in [0.1, 0.15) is 0 Å². The second kappa shape index (κ2) is 8.43. The van der Waals surface area contributed by atoms with Gasteiger partial charge in [-0.15, -0.1) is 0 Å². The number of halogens is 1. The van der Waals surface area contributed by atoms with Gasteiger partial charge in [-0.3, -0.25) is 20.3 Å². The average Bonchev–Trinajstić information content (AvgIpc) is 3.06. The second-order valence-electron chi connectivity index (χ2n) is 6.28. The fourth-order valence-electron chi connectivity index (χ4n) is 2.67. The van der Waals surface area contributed by atoms with Gasteiger partial charge < -0.3 is 5.32 Å². The third kappa shape index (κ3) is 5.22. The zero-order valence-corrected chi connectivity index (χ0v) is 16.2. The standard InChI is InChI=1S/C19H19BrN4O3/c1-12-8-18(26)13(9-17(12)25)2-5-16-10-24(11-21-16)23-19(27)22-15-6-3-14(20)4-7-15/h2-9,16,21H,10-11H2,1H3,(H2,22,23,27). The van der Waals surface area contributed by atoms with E-state index >= 15 is 0 Å². The van der Waals surface area contributed by atoms with E-state index in [9.17, 15) is 14.4 Å². The Labute approximate surface area is 165 Å². The zero-order valence-electron chi connectivity index (χ0n) is 14.7.